The number of aliphatic hydroxyl groups excluding tert-OH is 1. The second-order valence-corrected chi connectivity index (χ2v) is 10.2. The van der Waals surface area contributed by atoms with E-state index in [9.17, 15) is 5.11 Å². The molecule has 1 aromatic heterocycles. The second-order valence-electron chi connectivity index (χ2n) is 10.2. The molecule has 3 aliphatic rings. The molecule has 1 N–H and O–H groups in total. The largest absolute Gasteiger partial charge is 0.395 e. The van der Waals surface area contributed by atoms with Crippen molar-refractivity contribution >= 4 is 28.1 Å². The number of para-hydroxylation sites is 1. The summed E-state index contributed by atoms with van der Waals surface area (Å²) in [6.45, 7) is 9.19. The molecule has 0 radical (unpaired) electrons. The molecule has 0 spiro atoms. The van der Waals surface area contributed by atoms with Crippen LogP contribution in [0.15, 0.2) is 42.5 Å². The summed E-state index contributed by atoms with van der Waals surface area (Å²) in [5.74, 6) is 3.25. The lowest BCUT2D eigenvalue weighted by molar-refractivity contribution is 0.304. The van der Waals surface area contributed by atoms with E-state index in [1.807, 2.05) is 20.9 Å². The zero-order valence-corrected chi connectivity index (χ0v) is 22.2. The summed E-state index contributed by atoms with van der Waals surface area (Å²) in [4.78, 5) is 17.2. The fourth-order valence-corrected chi connectivity index (χ4v) is 5.48. The zero-order chi connectivity index (χ0) is 25.1. The topological polar surface area (TPSA) is 55.7 Å². The molecule has 0 bridgehead atoms. The van der Waals surface area contributed by atoms with Crippen LogP contribution in [0.5, 0.6) is 0 Å². The highest BCUT2D eigenvalue weighted by Gasteiger charge is 2.30. The summed E-state index contributed by atoms with van der Waals surface area (Å²) >= 11 is 0. The number of rotatable bonds is 7. The Labute approximate surface area is 216 Å². The van der Waals surface area contributed by atoms with Crippen LogP contribution in [0.4, 0.5) is 17.2 Å². The van der Waals surface area contributed by atoms with Gasteiger partial charge in [0, 0.05) is 62.5 Å². The van der Waals surface area contributed by atoms with Gasteiger partial charge in [-0.3, -0.25) is 0 Å². The van der Waals surface area contributed by atoms with Crippen LogP contribution in [0.2, 0.25) is 0 Å². The zero-order valence-electron chi connectivity index (χ0n) is 22.2. The first-order valence-corrected chi connectivity index (χ1v) is 13.9. The summed E-state index contributed by atoms with van der Waals surface area (Å²) in [5.41, 5.74) is 5.12. The van der Waals surface area contributed by atoms with Crippen LogP contribution < -0.4 is 14.7 Å². The lowest BCUT2D eigenvalue weighted by atomic mass is 9.87. The fourth-order valence-electron chi connectivity index (χ4n) is 5.48. The summed E-state index contributed by atoms with van der Waals surface area (Å²) in [7, 11) is 2.03. The molecular weight excluding hydrogens is 446 g/mol. The van der Waals surface area contributed by atoms with Crippen LogP contribution in [0.3, 0.4) is 0 Å². The van der Waals surface area contributed by atoms with Crippen LogP contribution in [0.25, 0.3) is 10.9 Å². The second kappa shape index (κ2) is 11.0. The number of piperidine rings is 1. The Hall–Kier alpha value is -2.86. The average molecular weight is 488 g/mol. The molecule has 6 heteroatoms. The minimum atomic E-state index is 0.144. The van der Waals surface area contributed by atoms with Gasteiger partial charge >= 0.3 is 0 Å². The minimum absolute atomic E-state index is 0.144. The van der Waals surface area contributed by atoms with E-state index in [0.29, 0.717) is 18.4 Å². The molecule has 0 amide bonds. The molecule has 1 aliphatic carbocycles. The summed E-state index contributed by atoms with van der Waals surface area (Å²) in [6.07, 6.45) is 6.03. The first kappa shape index (κ1) is 24.8. The summed E-state index contributed by atoms with van der Waals surface area (Å²) in [5, 5.41) is 10.5. The number of hydrogen-bond donors (Lipinski definition) is 1. The number of fused-ring (bicyclic) bond motifs is 1. The molecule has 192 valence electrons. The van der Waals surface area contributed by atoms with Crippen LogP contribution in [-0.4, -0.2) is 61.5 Å². The minimum Gasteiger partial charge on any atom is -0.395 e. The maximum atomic E-state index is 9.39. The Morgan fingerprint density at radius 1 is 0.889 bits per heavy atom. The van der Waals surface area contributed by atoms with Gasteiger partial charge in [0.2, 0.25) is 0 Å². The predicted octanol–water partition coefficient (Wildman–Crippen LogP) is 5.56. The average Bonchev–Trinajstić information content (AvgIpc) is 3.74. The van der Waals surface area contributed by atoms with Gasteiger partial charge < -0.3 is 19.8 Å². The Morgan fingerprint density at radius 3 is 2.31 bits per heavy atom. The number of aromatic nitrogens is 2. The predicted molar refractivity (Wildman–Crippen MR) is 151 cm³/mol. The first-order valence-electron chi connectivity index (χ1n) is 13.9. The number of anilines is 3. The SMILES string of the molecule is CC.CN(CCO)c1ccc2nc(C3CC3)nc(N3CCC(c4ccccc4N4CCC4)CC3)c2c1. The van der Waals surface area contributed by atoms with Gasteiger partial charge in [0.15, 0.2) is 0 Å². The molecule has 36 heavy (non-hydrogen) atoms. The molecule has 6 rings (SSSR count). The third kappa shape index (κ3) is 5.01. The van der Waals surface area contributed by atoms with Crippen LogP contribution in [-0.2, 0) is 0 Å². The van der Waals surface area contributed by atoms with Crippen molar-refractivity contribution in [3.8, 4) is 0 Å². The third-order valence-corrected chi connectivity index (χ3v) is 7.86. The molecule has 2 aromatic carbocycles. The lowest BCUT2D eigenvalue weighted by Crippen LogP contribution is -2.39. The van der Waals surface area contributed by atoms with Crippen molar-refractivity contribution < 1.29 is 5.11 Å². The highest BCUT2D eigenvalue weighted by Crippen LogP contribution is 2.42. The monoisotopic (exact) mass is 487 g/mol. The molecule has 3 fully saturated rings. The lowest BCUT2D eigenvalue weighted by Gasteiger charge is -2.39. The van der Waals surface area contributed by atoms with Crippen molar-refractivity contribution in [1.29, 1.82) is 0 Å². The van der Waals surface area contributed by atoms with E-state index in [1.165, 1.54) is 43.6 Å². The van der Waals surface area contributed by atoms with Crippen molar-refractivity contribution in [2.24, 2.45) is 0 Å². The van der Waals surface area contributed by atoms with Crippen molar-refractivity contribution in [3.05, 3.63) is 53.9 Å². The molecule has 3 heterocycles. The van der Waals surface area contributed by atoms with Crippen molar-refractivity contribution in [3.63, 3.8) is 0 Å². The van der Waals surface area contributed by atoms with E-state index < -0.39 is 0 Å². The van der Waals surface area contributed by atoms with Crippen molar-refractivity contribution in [1.82, 2.24) is 9.97 Å². The Balaban J connectivity index is 0.00000130. The summed E-state index contributed by atoms with van der Waals surface area (Å²) in [6, 6.07) is 15.5. The quantitative estimate of drug-likeness (QED) is 0.471. The maximum Gasteiger partial charge on any atom is 0.140 e. The van der Waals surface area contributed by atoms with Crippen LogP contribution in [0, 0.1) is 0 Å². The molecule has 6 nitrogen and oxygen atoms in total. The number of likely N-dealkylation sites (N-methyl/N-ethyl adjacent to an activating group) is 1. The van der Waals surface area contributed by atoms with Crippen molar-refractivity contribution in [2.75, 3.05) is 61.1 Å². The highest BCUT2D eigenvalue weighted by molar-refractivity contribution is 5.92. The van der Waals surface area contributed by atoms with Crippen LogP contribution in [0.1, 0.15) is 69.2 Å². The van der Waals surface area contributed by atoms with Gasteiger partial charge in [-0.15, -0.1) is 0 Å². The Bertz CT molecular complexity index is 1170. The number of aliphatic hydroxyl groups is 1. The van der Waals surface area contributed by atoms with Gasteiger partial charge in [0.05, 0.1) is 12.1 Å². The standard InChI is InChI=1S/C28H35N5O.C2H6/c1-31(17-18-34)22-9-10-25-24(19-22)28(30-27(29-25)21-7-8-21)33-15-11-20(12-16-33)23-5-2-3-6-26(23)32-13-4-14-32;1-2/h2-3,5-6,9-10,19-21,34H,4,7-8,11-18H2,1H3;1-2H3. The Morgan fingerprint density at radius 2 is 1.64 bits per heavy atom. The smallest absolute Gasteiger partial charge is 0.140 e. The van der Waals surface area contributed by atoms with E-state index in [-0.39, 0.29) is 6.61 Å². The van der Waals surface area contributed by atoms with Gasteiger partial charge in [-0.1, -0.05) is 32.0 Å². The van der Waals surface area contributed by atoms with Crippen molar-refractivity contribution in [2.45, 2.75) is 57.8 Å². The maximum absolute atomic E-state index is 9.39. The fraction of sp³-hybridized carbons (Fsp3) is 0.533. The van der Waals surface area contributed by atoms with E-state index in [1.54, 1.807) is 0 Å². The Kier molecular flexibility index (Phi) is 7.61. The summed E-state index contributed by atoms with van der Waals surface area (Å²) < 4.78 is 0. The number of hydrogen-bond acceptors (Lipinski definition) is 6. The highest BCUT2D eigenvalue weighted by atomic mass is 16.3. The van der Waals surface area contributed by atoms with E-state index >= 15 is 0 Å². The van der Waals surface area contributed by atoms with Gasteiger partial charge in [0.1, 0.15) is 11.6 Å². The normalized spacial score (nSPS) is 18.0. The van der Waals surface area contributed by atoms with Gasteiger partial charge in [0.25, 0.3) is 0 Å². The number of nitrogens with zero attached hydrogens (tertiary/aromatic N) is 5. The van der Waals surface area contributed by atoms with Gasteiger partial charge in [-0.05, 0) is 67.9 Å². The first-order chi connectivity index (χ1) is 17.7. The third-order valence-electron chi connectivity index (χ3n) is 7.86. The van der Waals surface area contributed by atoms with E-state index in [4.69, 9.17) is 9.97 Å². The molecule has 0 unspecified atom stereocenters. The molecular formula is C30H41N5O. The van der Waals surface area contributed by atoms with Gasteiger partial charge in [-0.25, -0.2) is 9.97 Å². The molecule has 0 atom stereocenters. The molecule has 1 saturated carbocycles. The van der Waals surface area contributed by atoms with E-state index in [2.05, 4.69) is 57.2 Å². The van der Waals surface area contributed by atoms with Gasteiger partial charge in [-0.2, -0.15) is 0 Å². The molecule has 2 aliphatic heterocycles. The molecule has 3 aromatic rings. The van der Waals surface area contributed by atoms with Crippen LogP contribution >= 0.6 is 0 Å². The van der Waals surface area contributed by atoms with E-state index in [0.717, 1.165) is 54.2 Å². The number of benzene rings is 2. The molecule has 2 saturated heterocycles.